The average molecular weight is 271 g/mol. The van der Waals surface area contributed by atoms with E-state index in [-0.39, 0.29) is 12.2 Å². The number of hydrogen-bond acceptors (Lipinski definition) is 2. The second kappa shape index (κ2) is 6.06. The summed E-state index contributed by atoms with van der Waals surface area (Å²) < 4.78 is 1.70. The van der Waals surface area contributed by atoms with Crippen LogP contribution >= 0.6 is 0 Å². The molecule has 0 spiro atoms. The Hall–Kier alpha value is -1.87. The predicted octanol–water partition coefficient (Wildman–Crippen LogP) is 3.15. The minimum absolute atomic E-state index is 0.111. The van der Waals surface area contributed by atoms with Crippen LogP contribution in [0.4, 0.5) is 0 Å². The lowest BCUT2D eigenvalue weighted by Crippen LogP contribution is -2.24. The van der Waals surface area contributed by atoms with Crippen LogP contribution in [-0.4, -0.2) is 9.67 Å². The quantitative estimate of drug-likeness (QED) is 0.928. The Balaban J connectivity index is 2.52. The highest BCUT2D eigenvalue weighted by Crippen LogP contribution is 2.22. The van der Waals surface area contributed by atoms with Gasteiger partial charge in [-0.15, -0.1) is 0 Å². The highest BCUT2D eigenvalue weighted by atomic mass is 16.3. The fourth-order valence-electron chi connectivity index (χ4n) is 2.35. The van der Waals surface area contributed by atoms with Gasteiger partial charge in [0, 0.05) is 12.1 Å². The van der Waals surface area contributed by atoms with Crippen molar-refractivity contribution in [3.63, 3.8) is 0 Å². The maximum absolute atomic E-state index is 12.2. The van der Waals surface area contributed by atoms with Gasteiger partial charge in [0.2, 0.25) is 0 Å². The SMILES string of the molecule is CCn1c(-c2ccc(C(C)C)cc2)ccc(CO)c1=O. The van der Waals surface area contributed by atoms with Crippen molar-refractivity contribution < 1.29 is 5.11 Å². The fourth-order valence-corrected chi connectivity index (χ4v) is 2.35. The highest BCUT2D eigenvalue weighted by Gasteiger charge is 2.09. The number of pyridine rings is 1. The van der Waals surface area contributed by atoms with E-state index in [1.54, 1.807) is 10.6 Å². The maximum atomic E-state index is 12.2. The number of benzene rings is 1. The standard InChI is InChI=1S/C17H21NO2/c1-4-18-16(10-9-15(11-19)17(18)20)14-7-5-13(6-8-14)12(2)3/h5-10,12,19H,4,11H2,1-3H3. The molecule has 0 aliphatic rings. The Morgan fingerprint density at radius 2 is 1.75 bits per heavy atom. The second-order valence-corrected chi connectivity index (χ2v) is 5.23. The number of rotatable bonds is 4. The van der Waals surface area contributed by atoms with Gasteiger partial charge >= 0.3 is 0 Å². The van der Waals surface area contributed by atoms with Crippen LogP contribution in [0.5, 0.6) is 0 Å². The van der Waals surface area contributed by atoms with Gasteiger partial charge in [0.1, 0.15) is 0 Å². The molecule has 0 fully saturated rings. The first-order valence-electron chi connectivity index (χ1n) is 7.02. The lowest BCUT2D eigenvalue weighted by Gasteiger charge is -2.13. The monoisotopic (exact) mass is 271 g/mol. The minimum atomic E-state index is -0.217. The zero-order valence-electron chi connectivity index (χ0n) is 12.3. The summed E-state index contributed by atoms with van der Waals surface area (Å²) >= 11 is 0. The first kappa shape index (κ1) is 14.5. The van der Waals surface area contributed by atoms with Gasteiger partial charge in [-0.25, -0.2) is 0 Å². The number of hydrogen-bond donors (Lipinski definition) is 1. The number of nitrogens with zero attached hydrogens (tertiary/aromatic N) is 1. The fraction of sp³-hybridized carbons (Fsp3) is 0.353. The molecule has 106 valence electrons. The van der Waals surface area contributed by atoms with Crippen LogP contribution in [0.3, 0.4) is 0 Å². The Labute approximate surface area is 119 Å². The maximum Gasteiger partial charge on any atom is 0.256 e. The third-order valence-electron chi connectivity index (χ3n) is 3.61. The van der Waals surface area contributed by atoms with E-state index < -0.39 is 0 Å². The van der Waals surface area contributed by atoms with E-state index >= 15 is 0 Å². The number of aromatic nitrogens is 1. The largest absolute Gasteiger partial charge is 0.391 e. The Morgan fingerprint density at radius 3 is 2.25 bits per heavy atom. The highest BCUT2D eigenvalue weighted by molar-refractivity contribution is 5.60. The van der Waals surface area contributed by atoms with E-state index in [2.05, 4.69) is 38.1 Å². The predicted molar refractivity (Wildman–Crippen MR) is 81.8 cm³/mol. The second-order valence-electron chi connectivity index (χ2n) is 5.23. The van der Waals surface area contributed by atoms with Gasteiger partial charge < -0.3 is 9.67 Å². The molecule has 1 aromatic carbocycles. The molecule has 0 saturated heterocycles. The van der Waals surface area contributed by atoms with Gasteiger partial charge in [-0.05, 0) is 36.1 Å². The summed E-state index contributed by atoms with van der Waals surface area (Å²) in [5.74, 6) is 0.495. The Bertz CT molecular complexity index is 639. The van der Waals surface area contributed by atoms with E-state index in [0.717, 1.165) is 11.3 Å². The van der Waals surface area contributed by atoms with Gasteiger partial charge in [0.05, 0.1) is 12.3 Å². The van der Waals surface area contributed by atoms with Gasteiger partial charge in [-0.2, -0.15) is 0 Å². The molecule has 0 aliphatic heterocycles. The summed E-state index contributed by atoms with van der Waals surface area (Å²) in [7, 11) is 0. The van der Waals surface area contributed by atoms with Crippen molar-refractivity contribution in [1.29, 1.82) is 0 Å². The van der Waals surface area contributed by atoms with Crippen molar-refractivity contribution in [1.82, 2.24) is 4.57 Å². The van der Waals surface area contributed by atoms with E-state index in [9.17, 15) is 9.90 Å². The first-order chi connectivity index (χ1) is 9.58. The molecular weight excluding hydrogens is 250 g/mol. The van der Waals surface area contributed by atoms with Gasteiger partial charge in [0.15, 0.2) is 0 Å². The lowest BCUT2D eigenvalue weighted by atomic mass is 10.0. The summed E-state index contributed by atoms with van der Waals surface area (Å²) in [6.07, 6.45) is 0. The molecule has 0 atom stereocenters. The van der Waals surface area contributed by atoms with Gasteiger partial charge in [-0.1, -0.05) is 38.1 Å². The van der Waals surface area contributed by atoms with Crippen molar-refractivity contribution in [3.05, 3.63) is 57.9 Å². The average Bonchev–Trinajstić information content (AvgIpc) is 2.47. The Kier molecular flexibility index (Phi) is 4.40. The van der Waals surface area contributed by atoms with E-state index in [0.29, 0.717) is 18.0 Å². The molecule has 0 aliphatic carbocycles. The molecule has 1 N–H and O–H groups in total. The molecule has 3 heteroatoms. The minimum Gasteiger partial charge on any atom is -0.391 e. The molecule has 3 nitrogen and oxygen atoms in total. The van der Waals surface area contributed by atoms with E-state index in [1.165, 1.54) is 5.56 Å². The molecule has 1 heterocycles. The molecule has 0 saturated carbocycles. The topological polar surface area (TPSA) is 42.2 Å². The van der Waals surface area contributed by atoms with Crippen molar-refractivity contribution in [2.75, 3.05) is 0 Å². The van der Waals surface area contributed by atoms with Crippen LogP contribution in [0.15, 0.2) is 41.2 Å². The van der Waals surface area contributed by atoms with Crippen LogP contribution in [0.1, 0.15) is 37.8 Å². The number of aliphatic hydroxyl groups is 1. The van der Waals surface area contributed by atoms with Gasteiger partial charge in [-0.3, -0.25) is 4.79 Å². The summed E-state index contributed by atoms with van der Waals surface area (Å²) in [4.78, 5) is 12.2. The lowest BCUT2D eigenvalue weighted by molar-refractivity contribution is 0.279. The summed E-state index contributed by atoms with van der Waals surface area (Å²) in [5.41, 5.74) is 3.53. The molecule has 0 unspecified atom stereocenters. The third-order valence-corrected chi connectivity index (χ3v) is 3.61. The van der Waals surface area contributed by atoms with Gasteiger partial charge in [0.25, 0.3) is 5.56 Å². The summed E-state index contributed by atoms with van der Waals surface area (Å²) in [6.45, 7) is 6.63. The van der Waals surface area contributed by atoms with Crippen LogP contribution in [-0.2, 0) is 13.2 Å². The van der Waals surface area contributed by atoms with E-state index in [1.807, 2.05) is 13.0 Å². The molecule has 20 heavy (non-hydrogen) atoms. The molecule has 2 aromatic rings. The van der Waals surface area contributed by atoms with Crippen LogP contribution in [0.2, 0.25) is 0 Å². The third kappa shape index (κ3) is 2.68. The molecule has 0 bridgehead atoms. The molecule has 0 amide bonds. The summed E-state index contributed by atoms with van der Waals surface area (Å²) in [5, 5.41) is 9.18. The first-order valence-corrected chi connectivity index (χ1v) is 7.02. The molecule has 2 rings (SSSR count). The van der Waals surface area contributed by atoms with Crippen molar-refractivity contribution in [2.45, 2.75) is 39.8 Å². The van der Waals surface area contributed by atoms with E-state index in [4.69, 9.17) is 0 Å². The van der Waals surface area contributed by atoms with Crippen LogP contribution < -0.4 is 5.56 Å². The molecular formula is C17H21NO2. The van der Waals surface area contributed by atoms with Crippen molar-refractivity contribution in [3.8, 4) is 11.3 Å². The van der Waals surface area contributed by atoms with Crippen LogP contribution in [0, 0.1) is 0 Å². The number of aliphatic hydroxyl groups excluding tert-OH is 1. The van der Waals surface area contributed by atoms with Crippen molar-refractivity contribution in [2.24, 2.45) is 0 Å². The Morgan fingerprint density at radius 1 is 1.10 bits per heavy atom. The molecule has 1 aromatic heterocycles. The molecule has 0 radical (unpaired) electrons. The summed E-state index contributed by atoms with van der Waals surface area (Å²) in [6, 6.07) is 11.9. The zero-order chi connectivity index (χ0) is 14.7. The smallest absolute Gasteiger partial charge is 0.256 e. The van der Waals surface area contributed by atoms with Crippen LogP contribution in [0.25, 0.3) is 11.3 Å². The zero-order valence-corrected chi connectivity index (χ0v) is 12.3. The van der Waals surface area contributed by atoms with Crippen molar-refractivity contribution >= 4 is 0 Å². The normalized spacial score (nSPS) is 11.1.